The van der Waals surface area contributed by atoms with Crippen LogP contribution in [0, 0.1) is 17.0 Å². The number of nitro benzene ring substituents is 1. The number of carbonyl (C=O) groups excluding carboxylic acids is 1. The van der Waals surface area contributed by atoms with E-state index in [2.05, 4.69) is 0 Å². The van der Waals surface area contributed by atoms with Crippen LogP contribution in [-0.4, -0.2) is 42.0 Å². The van der Waals surface area contributed by atoms with E-state index in [1.165, 1.54) is 12.1 Å². The minimum atomic E-state index is -0.483. The van der Waals surface area contributed by atoms with Gasteiger partial charge in [0.15, 0.2) is 0 Å². The Labute approximate surface area is 104 Å². The molecule has 1 fully saturated rings. The third-order valence-corrected chi connectivity index (χ3v) is 2.82. The first-order valence-electron chi connectivity index (χ1n) is 5.71. The van der Waals surface area contributed by atoms with Gasteiger partial charge in [-0.05, 0) is 18.6 Å². The lowest BCUT2D eigenvalue weighted by molar-refractivity contribution is -0.384. The Morgan fingerprint density at radius 2 is 2.00 bits per heavy atom. The number of nitro groups is 1. The second kappa shape index (κ2) is 5.14. The molecule has 0 unspecified atom stereocenters. The fourth-order valence-electron chi connectivity index (χ4n) is 1.94. The zero-order chi connectivity index (χ0) is 13.1. The Bertz CT molecular complexity index is 481. The number of ether oxygens (including phenoxy) is 1. The second-order valence-corrected chi connectivity index (χ2v) is 4.22. The molecule has 2 rings (SSSR count). The molecule has 1 aliphatic heterocycles. The van der Waals surface area contributed by atoms with E-state index in [1.807, 2.05) is 0 Å². The Kier molecular flexibility index (Phi) is 3.57. The summed E-state index contributed by atoms with van der Waals surface area (Å²) in [5.41, 5.74) is 1.02. The number of rotatable bonds is 2. The third-order valence-electron chi connectivity index (χ3n) is 2.82. The van der Waals surface area contributed by atoms with Crippen LogP contribution in [0.25, 0.3) is 0 Å². The first-order chi connectivity index (χ1) is 8.58. The first-order valence-corrected chi connectivity index (χ1v) is 5.71. The summed E-state index contributed by atoms with van der Waals surface area (Å²) in [5.74, 6) is -0.176. The lowest BCUT2D eigenvalue weighted by Gasteiger charge is -2.26. The molecule has 0 N–H and O–H groups in total. The zero-order valence-corrected chi connectivity index (χ0v) is 10.1. The number of aryl methyl sites for hydroxylation is 1. The van der Waals surface area contributed by atoms with Crippen LogP contribution in [-0.2, 0) is 4.74 Å². The number of carbonyl (C=O) groups is 1. The average Bonchev–Trinajstić information content (AvgIpc) is 2.38. The minimum absolute atomic E-state index is 0.0494. The van der Waals surface area contributed by atoms with Crippen LogP contribution in [0.15, 0.2) is 18.2 Å². The lowest BCUT2D eigenvalue weighted by atomic mass is 10.1. The van der Waals surface area contributed by atoms with Gasteiger partial charge in [-0.3, -0.25) is 14.9 Å². The van der Waals surface area contributed by atoms with Crippen LogP contribution in [0.1, 0.15) is 15.9 Å². The fraction of sp³-hybridized carbons (Fsp3) is 0.417. The summed E-state index contributed by atoms with van der Waals surface area (Å²) in [7, 11) is 0. The van der Waals surface area contributed by atoms with E-state index in [9.17, 15) is 14.9 Å². The van der Waals surface area contributed by atoms with E-state index in [-0.39, 0.29) is 11.6 Å². The fourth-order valence-corrected chi connectivity index (χ4v) is 1.94. The Morgan fingerprint density at radius 3 is 2.61 bits per heavy atom. The molecule has 0 radical (unpaired) electrons. The smallest absolute Gasteiger partial charge is 0.270 e. The van der Waals surface area contributed by atoms with Crippen LogP contribution in [0.4, 0.5) is 5.69 Å². The second-order valence-electron chi connectivity index (χ2n) is 4.22. The molecule has 96 valence electrons. The Morgan fingerprint density at radius 1 is 1.33 bits per heavy atom. The molecule has 1 saturated heterocycles. The largest absolute Gasteiger partial charge is 0.378 e. The summed E-state index contributed by atoms with van der Waals surface area (Å²) < 4.78 is 5.17. The van der Waals surface area contributed by atoms with Crippen LogP contribution in [0.3, 0.4) is 0 Å². The highest BCUT2D eigenvalue weighted by Gasteiger charge is 2.20. The topological polar surface area (TPSA) is 72.7 Å². The van der Waals surface area contributed by atoms with E-state index < -0.39 is 4.92 Å². The number of non-ortho nitro benzene ring substituents is 1. The van der Waals surface area contributed by atoms with Crippen molar-refractivity contribution in [1.29, 1.82) is 0 Å². The van der Waals surface area contributed by atoms with Crippen molar-refractivity contribution >= 4 is 11.6 Å². The standard InChI is InChI=1S/C12H14N2O4/c1-9-6-10(8-11(7-9)14(16)17)12(15)13-2-4-18-5-3-13/h6-8H,2-5H2,1H3. The van der Waals surface area contributed by atoms with Gasteiger partial charge >= 0.3 is 0 Å². The number of morpholine rings is 1. The summed E-state index contributed by atoms with van der Waals surface area (Å²) >= 11 is 0. The molecular formula is C12H14N2O4. The van der Waals surface area contributed by atoms with E-state index in [0.29, 0.717) is 37.4 Å². The third kappa shape index (κ3) is 2.65. The van der Waals surface area contributed by atoms with Crippen molar-refractivity contribution in [2.24, 2.45) is 0 Å². The molecule has 0 bridgehead atoms. The van der Waals surface area contributed by atoms with Gasteiger partial charge < -0.3 is 9.64 Å². The molecule has 6 heteroatoms. The van der Waals surface area contributed by atoms with Crippen LogP contribution in [0.2, 0.25) is 0 Å². The van der Waals surface area contributed by atoms with Gasteiger partial charge in [-0.25, -0.2) is 0 Å². The number of hydrogen-bond donors (Lipinski definition) is 0. The molecule has 18 heavy (non-hydrogen) atoms. The van der Waals surface area contributed by atoms with E-state index in [0.717, 1.165) is 0 Å². The summed E-state index contributed by atoms with van der Waals surface area (Å²) in [6, 6.07) is 4.45. The highest BCUT2D eigenvalue weighted by molar-refractivity contribution is 5.95. The molecule has 1 aromatic rings. The average molecular weight is 250 g/mol. The highest BCUT2D eigenvalue weighted by atomic mass is 16.6. The SMILES string of the molecule is Cc1cc(C(=O)N2CCOCC2)cc([N+](=O)[O-])c1. The van der Waals surface area contributed by atoms with Gasteiger partial charge in [0.1, 0.15) is 0 Å². The summed E-state index contributed by atoms with van der Waals surface area (Å²) in [6.45, 7) is 3.82. The number of amides is 1. The van der Waals surface area contributed by atoms with E-state index in [1.54, 1.807) is 17.9 Å². The molecule has 1 aliphatic rings. The van der Waals surface area contributed by atoms with Crippen molar-refractivity contribution in [2.45, 2.75) is 6.92 Å². The number of nitrogens with zero attached hydrogens (tertiary/aromatic N) is 2. The maximum absolute atomic E-state index is 12.2. The van der Waals surface area contributed by atoms with Crippen LogP contribution >= 0.6 is 0 Å². The normalized spacial score (nSPS) is 15.5. The molecule has 6 nitrogen and oxygen atoms in total. The predicted molar refractivity (Wildman–Crippen MR) is 64.6 cm³/mol. The van der Waals surface area contributed by atoms with Crippen molar-refractivity contribution in [3.63, 3.8) is 0 Å². The van der Waals surface area contributed by atoms with Crippen molar-refractivity contribution in [3.8, 4) is 0 Å². The highest BCUT2D eigenvalue weighted by Crippen LogP contribution is 2.18. The lowest BCUT2D eigenvalue weighted by Crippen LogP contribution is -2.40. The molecule has 1 heterocycles. The van der Waals surface area contributed by atoms with Crippen molar-refractivity contribution in [2.75, 3.05) is 26.3 Å². The minimum Gasteiger partial charge on any atom is -0.378 e. The van der Waals surface area contributed by atoms with Gasteiger partial charge in [0.2, 0.25) is 0 Å². The molecular weight excluding hydrogens is 236 g/mol. The summed E-state index contributed by atoms with van der Waals surface area (Å²) in [5, 5.41) is 10.8. The van der Waals surface area contributed by atoms with Gasteiger partial charge in [0.05, 0.1) is 18.1 Å². The van der Waals surface area contributed by atoms with Gasteiger partial charge in [-0.2, -0.15) is 0 Å². The van der Waals surface area contributed by atoms with Crippen LogP contribution in [0.5, 0.6) is 0 Å². The van der Waals surface area contributed by atoms with Crippen molar-refractivity contribution in [3.05, 3.63) is 39.4 Å². The molecule has 0 spiro atoms. The maximum Gasteiger partial charge on any atom is 0.270 e. The van der Waals surface area contributed by atoms with E-state index in [4.69, 9.17) is 4.74 Å². The molecule has 1 aromatic carbocycles. The number of hydrogen-bond acceptors (Lipinski definition) is 4. The van der Waals surface area contributed by atoms with Crippen molar-refractivity contribution in [1.82, 2.24) is 4.90 Å². The number of benzene rings is 1. The molecule has 0 saturated carbocycles. The van der Waals surface area contributed by atoms with Gasteiger partial charge in [-0.1, -0.05) is 0 Å². The monoisotopic (exact) mass is 250 g/mol. The predicted octanol–water partition coefficient (Wildman–Crippen LogP) is 1.38. The van der Waals surface area contributed by atoms with Crippen LogP contribution < -0.4 is 0 Å². The van der Waals surface area contributed by atoms with Gasteiger partial charge in [0.25, 0.3) is 11.6 Å². The first kappa shape index (κ1) is 12.5. The quantitative estimate of drug-likeness (QED) is 0.587. The molecule has 0 aliphatic carbocycles. The molecule has 0 aromatic heterocycles. The molecule has 1 amide bonds. The van der Waals surface area contributed by atoms with Gasteiger partial charge in [-0.15, -0.1) is 0 Å². The maximum atomic E-state index is 12.2. The Hall–Kier alpha value is -1.95. The Balaban J connectivity index is 2.26. The zero-order valence-electron chi connectivity index (χ0n) is 10.1. The van der Waals surface area contributed by atoms with E-state index >= 15 is 0 Å². The van der Waals surface area contributed by atoms with Crippen molar-refractivity contribution < 1.29 is 14.5 Å². The summed E-state index contributed by atoms with van der Waals surface area (Å²) in [6.07, 6.45) is 0. The van der Waals surface area contributed by atoms with Gasteiger partial charge in [0, 0.05) is 30.8 Å². The molecule has 0 atom stereocenters. The summed E-state index contributed by atoms with van der Waals surface area (Å²) in [4.78, 5) is 24.1.